The zero-order valence-electron chi connectivity index (χ0n) is 11.0. The second-order valence-corrected chi connectivity index (χ2v) is 4.34. The molecule has 0 unspecified atom stereocenters. The van der Waals surface area contributed by atoms with Crippen LogP contribution in [0, 0.1) is 12.3 Å². The van der Waals surface area contributed by atoms with Crippen molar-refractivity contribution in [3.05, 3.63) is 41.5 Å². The number of hydrazine groups is 1. The molecule has 0 radical (unpaired) electrons. The maximum atomic E-state index is 12.7. The van der Waals surface area contributed by atoms with Crippen LogP contribution < -0.4 is 17.0 Å². The zero-order chi connectivity index (χ0) is 15.8. The molecule has 1 heterocycles. The number of amidine groups is 1. The third-order valence-corrected chi connectivity index (χ3v) is 2.87. The largest absolute Gasteiger partial charge is 0.434 e. The monoisotopic (exact) mass is 298 g/mol. The highest BCUT2D eigenvalue weighted by atomic mass is 19.4. The minimum absolute atomic E-state index is 0.137. The van der Waals surface area contributed by atoms with Crippen molar-refractivity contribution >= 4 is 11.5 Å². The third-order valence-electron chi connectivity index (χ3n) is 2.87. The summed E-state index contributed by atoms with van der Waals surface area (Å²) < 4.78 is 39.4. The number of nitrogens with zero attached hydrogens (tertiary/aromatic N) is 2. The molecule has 9 heteroatoms. The highest BCUT2D eigenvalue weighted by Crippen LogP contribution is 2.30. The summed E-state index contributed by atoms with van der Waals surface area (Å²) in [5.41, 5.74) is 7.74. The Kier molecular flexibility index (Phi) is 3.60. The fourth-order valence-electron chi connectivity index (χ4n) is 1.89. The summed E-state index contributed by atoms with van der Waals surface area (Å²) in [6, 6.07) is 4.48. The minimum atomic E-state index is -4.54. The van der Waals surface area contributed by atoms with Gasteiger partial charge in [0.15, 0.2) is 5.69 Å². The van der Waals surface area contributed by atoms with Crippen LogP contribution in [0.25, 0.3) is 5.69 Å². The van der Waals surface area contributed by atoms with Gasteiger partial charge in [0.2, 0.25) is 0 Å². The van der Waals surface area contributed by atoms with Gasteiger partial charge >= 0.3 is 6.18 Å². The number of halogens is 3. The fourth-order valence-corrected chi connectivity index (χ4v) is 1.89. The number of benzene rings is 1. The Morgan fingerprint density at radius 3 is 2.57 bits per heavy atom. The molecule has 6 N–H and O–H groups in total. The summed E-state index contributed by atoms with van der Waals surface area (Å²) in [5, 5.41) is 7.72. The number of imidazole rings is 1. The highest BCUT2D eigenvalue weighted by molar-refractivity contribution is 6.00. The summed E-state index contributed by atoms with van der Waals surface area (Å²) in [6.07, 6.45) is -3.67. The van der Waals surface area contributed by atoms with Crippen LogP contribution in [0.4, 0.5) is 18.9 Å². The van der Waals surface area contributed by atoms with E-state index in [4.69, 9.17) is 17.0 Å². The second-order valence-electron chi connectivity index (χ2n) is 4.34. The first-order valence-corrected chi connectivity index (χ1v) is 5.82. The van der Waals surface area contributed by atoms with Gasteiger partial charge in [-0.3, -0.25) is 5.41 Å². The van der Waals surface area contributed by atoms with Crippen LogP contribution in [0.2, 0.25) is 0 Å². The van der Waals surface area contributed by atoms with Gasteiger partial charge in [-0.15, -0.1) is 0 Å². The SMILES string of the molecule is Cc1nc(C(F)(F)F)cn1-c1ccc(N)cc1C(=N)NN. The van der Waals surface area contributed by atoms with Gasteiger partial charge in [-0.1, -0.05) is 0 Å². The minimum Gasteiger partial charge on any atom is -0.399 e. The predicted octanol–water partition coefficient (Wildman–Crippen LogP) is 1.57. The Morgan fingerprint density at radius 1 is 1.38 bits per heavy atom. The van der Waals surface area contributed by atoms with Gasteiger partial charge in [-0.2, -0.15) is 13.2 Å². The molecule has 2 rings (SSSR count). The van der Waals surface area contributed by atoms with Crippen LogP contribution in [-0.2, 0) is 6.18 Å². The third kappa shape index (κ3) is 2.82. The topological polar surface area (TPSA) is 106 Å². The Balaban J connectivity index is 2.62. The quantitative estimate of drug-likeness (QED) is 0.222. The van der Waals surface area contributed by atoms with Crippen molar-refractivity contribution in [1.29, 1.82) is 5.41 Å². The molecule has 0 aliphatic heterocycles. The summed E-state index contributed by atoms with van der Waals surface area (Å²) in [6.45, 7) is 1.44. The molecule has 1 aromatic heterocycles. The van der Waals surface area contributed by atoms with Crippen molar-refractivity contribution in [3.63, 3.8) is 0 Å². The van der Waals surface area contributed by atoms with Gasteiger partial charge in [0.05, 0.1) is 5.69 Å². The van der Waals surface area contributed by atoms with E-state index in [2.05, 4.69) is 10.4 Å². The van der Waals surface area contributed by atoms with Gasteiger partial charge in [0.25, 0.3) is 0 Å². The highest BCUT2D eigenvalue weighted by Gasteiger charge is 2.34. The lowest BCUT2D eigenvalue weighted by molar-refractivity contribution is -0.141. The van der Waals surface area contributed by atoms with E-state index in [1.165, 1.54) is 29.7 Å². The van der Waals surface area contributed by atoms with Gasteiger partial charge in [0.1, 0.15) is 11.7 Å². The standard InChI is InChI=1S/C12H13F3N6/c1-6-19-10(12(13,14)15)5-21(6)9-3-2-7(16)4-8(9)11(17)20-18/h2-5H,16,18H2,1H3,(H2,17,20). The molecule has 112 valence electrons. The molecule has 0 atom stereocenters. The second kappa shape index (κ2) is 5.09. The number of rotatable bonds is 2. The predicted molar refractivity (Wildman–Crippen MR) is 71.9 cm³/mol. The number of hydrogen-bond donors (Lipinski definition) is 4. The van der Waals surface area contributed by atoms with Crippen molar-refractivity contribution in [2.24, 2.45) is 5.84 Å². The summed E-state index contributed by atoms with van der Waals surface area (Å²) in [5.74, 6) is 5.16. The first-order valence-electron chi connectivity index (χ1n) is 5.82. The number of nitrogens with two attached hydrogens (primary N) is 2. The average Bonchev–Trinajstić information content (AvgIpc) is 2.80. The van der Waals surface area contributed by atoms with Crippen molar-refractivity contribution in [2.75, 3.05) is 5.73 Å². The Hall–Kier alpha value is -2.55. The number of nitrogen functional groups attached to an aromatic ring is 1. The van der Waals surface area contributed by atoms with Gasteiger partial charge in [-0.25, -0.2) is 10.8 Å². The lowest BCUT2D eigenvalue weighted by Crippen LogP contribution is -2.31. The molecule has 21 heavy (non-hydrogen) atoms. The summed E-state index contributed by atoms with van der Waals surface area (Å²) in [4.78, 5) is 3.49. The van der Waals surface area contributed by atoms with Crippen molar-refractivity contribution in [3.8, 4) is 5.69 Å². The van der Waals surface area contributed by atoms with E-state index in [1.807, 2.05) is 0 Å². The van der Waals surface area contributed by atoms with Crippen LogP contribution >= 0.6 is 0 Å². The molecule has 0 spiro atoms. The van der Waals surface area contributed by atoms with E-state index in [9.17, 15) is 13.2 Å². The molecule has 1 aromatic carbocycles. The van der Waals surface area contributed by atoms with Crippen LogP contribution in [0.1, 0.15) is 17.1 Å². The molecule has 0 saturated carbocycles. The lowest BCUT2D eigenvalue weighted by Gasteiger charge is -2.13. The number of alkyl halides is 3. The van der Waals surface area contributed by atoms with E-state index in [0.717, 1.165) is 6.20 Å². The Morgan fingerprint density at radius 2 is 2.05 bits per heavy atom. The lowest BCUT2D eigenvalue weighted by atomic mass is 10.1. The smallest absolute Gasteiger partial charge is 0.399 e. The molecular formula is C12H13F3N6. The molecule has 0 aliphatic carbocycles. The molecule has 2 aromatic rings. The van der Waals surface area contributed by atoms with Crippen molar-refractivity contribution < 1.29 is 13.2 Å². The number of nitrogens with one attached hydrogen (secondary N) is 2. The summed E-state index contributed by atoms with van der Waals surface area (Å²) >= 11 is 0. The molecule has 0 fully saturated rings. The first-order chi connectivity index (χ1) is 9.74. The summed E-state index contributed by atoms with van der Waals surface area (Å²) in [7, 11) is 0. The van der Waals surface area contributed by atoms with Crippen LogP contribution in [-0.4, -0.2) is 15.4 Å². The van der Waals surface area contributed by atoms with Crippen LogP contribution in [0.15, 0.2) is 24.4 Å². The number of hydrogen-bond acceptors (Lipinski definition) is 4. The zero-order valence-corrected chi connectivity index (χ0v) is 11.0. The van der Waals surface area contributed by atoms with E-state index in [1.54, 1.807) is 0 Å². The van der Waals surface area contributed by atoms with Gasteiger partial charge in [0, 0.05) is 17.4 Å². The number of anilines is 1. The molecule has 0 bridgehead atoms. The maximum absolute atomic E-state index is 12.7. The molecule has 0 aliphatic rings. The first kappa shape index (κ1) is 14.9. The molecular weight excluding hydrogens is 285 g/mol. The molecule has 0 saturated heterocycles. The van der Waals surface area contributed by atoms with E-state index in [-0.39, 0.29) is 17.2 Å². The maximum Gasteiger partial charge on any atom is 0.434 e. The van der Waals surface area contributed by atoms with E-state index < -0.39 is 11.9 Å². The van der Waals surface area contributed by atoms with Gasteiger partial charge < -0.3 is 15.7 Å². The van der Waals surface area contributed by atoms with Crippen LogP contribution in [0.5, 0.6) is 0 Å². The number of aryl methyl sites for hydroxylation is 1. The van der Waals surface area contributed by atoms with E-state index in [0.29, 0.717) is 11.4 Å². The van der Waals surface area contributed by atoms with Gasteiger partial charge in [-0.05, 0) is 25.1 Å². The molecule has 0 amide bonds. The normalized spacial score (nSPS) is 11.5. The average molecular weight is 298 g/mol. The Bertz CT molecular complexity index is 689. The Labute approximate surface area is 118 Å². The van der Waals surface area contributed by atoms with Crippen molar-refractivity contribution in [2.45, 2.75) is 13.1 Å². The van der Waals surface area contributed by atoms with Crippen molar-refractivity contribution in [1.82, 2.24) is 15.0 Å². The molecule has 6 nitrogen and oxygen atoms in total. The number of aromatic nitrogens is 2. The fraction of sp³-hybridized carbons (Fsp3) is 0.167. The van der Waals surface area contributed by atoms with Crippen LogP contribution in [0.3, 0.4) is 0 Å². The van der Waals surface area contributed by atoms with E-state index >= 15 is 0 Å².